The molecule has 0 aromatic heterocycles. The van der Waals surface area contributed by atoms with Gasteiger partial charge in [-0.15, -0.1) is 0 Å². The molecule has 0 spiro atoms. The van der Waals surface area contributed by atoms with Crippen LogP contribution in [0.3, 0.4) is 0 Å². The van der Waals surface area contributed by atoms with Crippen molar-refractivity contribution >= 4 is 0 Å². The molecule has 1 fully saturated rings. The summed E-state index contributed by atoms with van der Waals surface area (Å²) in [7, 11) is 0. The summed E-state index contributed by atoms with van der Waals surface area (Å²) in [5.74, 6) is 0. The van der Waals surface area contributed by atoms with Gasteiger partial charge in [0.2, 0.25) is 0 Å². The maximum atomic E-state index is 4.71. The lowest BCUT2D eigenvalue weighted by molar-refractivity contribution is 0.423. The van der Waals surface area contributed by atoms with Gasteiger partial charge in [0.05, 0.1) is 12.7 Å². The first kappa shape index (κ1) is 9.53. The minimum absolute atomic E-state index is 0.583. The summed E-state index contributed by atoms with van der Waals surface area (Å²) in [6.45, 7) is 6.76. The van der Waals surface area contributed by atoms with Crippen LogP contribution in [0.4, 0.5) is 0 Å². The smallest absolute Gasteiger partial charge is 0.0781 e. The highest BCUT2D eigenvalue weighted by Crippen LogP contribution is 2.16. The van der Waals surface area contributed by atoms with Crippen molar-refractivity contribution in [3.63, 3.8) is 0 Å². The van der Waals surface area contributed by atoms with Crippen molar-refractivity contribution in [3.05, 3.63) is 24.3 Å². The van der Waals surface area contributed by atoms with E-state index in [0.29, 0.717) is 6.10 Å². The van der Waals surface area contributed by atoms with Gasteiger partial charge in [-0.3, -0.25) is 0 Å². The summed E-state index contributed by atoms with van der Waals surface area (Å²) in [6.07, 6.45) is 10.1. The van der Waals surface area contributed by atoms with Crippen molar-refractivity contribution in [2.75, 3.05) is 6.61 Å². The second-order valence-corrected chi connectivity index (χ2v) is 3.37. The Morgan fingerprint density at radius 1 is 1.58 bits per heavy atom. The van der Waals surface area contributed by atoms with E-state index in [1.165, 1.54) is 31.3 Å². The third kappa shape index (κ3) is 4.35. The molecule has 1 nitrogen and oxygen atoms in total. The van der Waals surface area contributed by atoms with Crippen molar-refractivity contribution in [1.29, 1.82) is 0 Å². The predicted molar refractivity (Wildman–Crippen MR) is 52.2 cm³/mol. The summed E-state index contributed by atoms with van der Waals surface area (Å²) in [4.78, 5) is 0. The predicted octanol–water partition coefficient (Wildman–Crippen LogP) is 3.08. The zero-order valence-electron chi connectivity index (χ0n) is 7.88. The van der Waals surface area contributed by atoms with Gasteiger partial charge in [0.1, 0.15) is 0 Å². The molecule has 0 bridgehead atoms. The van der Waals surface area contributed by atoms with E-state index in [0.717, 1.165) is 6.61 Å². The molecule has 0 aromatic carbocycles. The Balaban J connectivity index is 0.000000150. The second kappa shape index (κ2) is 5.15. The van der Waals surface area contributed by atoms with Crippen LogP contribution in [0.5, 0.6) is 0 Å². The van der Waals surface area contributed by atoms with E-state index < -0.39 is 0 Å². The maximum absolute atomic E-state index is 4.71. The molecule has 12 heavy (non-hydrogen) atoms. The van der Waals surface area contributed by atoms with E-state index >= 15 is 0 Å². The molecule has 1 atom stereocenters. The minimum atomic E-state index is 0.583. The number of rotatable bonds is 1. The van der Waals surface area contributed by atoms with Gasteiger partial charge in [-0.25, -0.2) is 0 Å². The molecule has 1 unspecified atom stereocenters. The van der Waals surface area contributed by atoms with E-state index in [-0.39, 0.29) is 0 Å². The zero-order chi connectivity index (χ0) is 8.81. The molecule has 0 N–H and O–H groups in total. The molecule has 2 aliphatic rings. The van der Waals surface area contributed by atoms with Gasteiger partial charge >= 0.3 is 0 Å². The Hall–Kier alpha value is -0.560. The molecule has 0 aromatic rings. The third-order valence-electron chi connectivity index (χ3n) is 2.09. The van der Waals surface area contributed by atoms with Crippen molar-refractivity contribution in [2.45, 2.75) is 38.7 Å². The molecule has 0 saturated carbocycles. The quantitative estimate of drug-likeness (QED) is 0.545. The highest BCUT2D eigenvalue weighted by atomic mass is 16.6. The Bertz CT molecular complexity index is 166. The van der Waals surface area contributed by atoms with E-state index in [1.54, 1.807) is 0 Å². The summed E-state index contributed by atoms with van der Waals surface area (Å²) in [5.41, 5.74) is 1.44. The minimum Gasteiger partial charge on any atom is -0.373 e. The standard InChI is InChI=1S/C8H12.C3H6O/c1-2-8-6-4-3-5-7-8;1-3-2-4-3/h2,6H,1,3-5,7H2;3H,2H2,1H3. The molecular formula is C11H18O. The summed E-state index contributed by atoms with van der Waals surface area (Å²) >= 11 is 0. The summed E-state index contributed by atoms with van der Waals surface area (Å²) < 4.78 is 4.71. The summed E-state index contributed by atoms with van der Waals surface area (Å²) in [5, 5.41) is 0. The lowest BCUT2D eigenvalue weighted by Crippen LogP contribution is -1.86. The number of ether oxygens (including phenoxy) is 1. The topological polar surface area (TPSA) is 12.5 Å². The van der Waals surface area contributed by atoms with Crippen LogP contribution in [0.25, 0.3) is 0 Å². The molecule has 2 rings (SSSR count). The van der Waals surface area contributed by atoms with Gasteiger partial charge in [0.15, 0.2) is 0 Å². The van der Waals surface area contributed by atoms with Crippen molar-refractivity contribution in [2.24, 2.45) is 0 Å². The average Bonchev–Trinajstić information content (AvgIpc) is 2.90. The fourth-order valence-corrected chi connectivity index (χ4v) is 1.14. The Morgan fingerprint density at radius 3 is 2.50 bits per heavy atom. The van der Waals surface area contributed by atoms with Crippen molar-refractivity contribution < 1.29 is 4.74 Å². The van der Waals surface area contributed by atoms with Crippen LogP contribution in [0, 0.1) is 0 Å². The lowest BCUT2D eigenvalue weighted by Gasteiger charge is -2.06. The third-order valence-corrected chi connectivity index (χ3v) is 2.09. The molecule has 1 aliphatic carbocycles. The van der Waals surface area contributed by atoms with E-state index in [2.05, 4.69) is 19.6 Å². The highest BCUT2D eigenvalue weighted by molar-refractivity contribution is 5.17. The first-order chi connectivity index (χ1) is 5.83. The molecule has 0 amide bonds. The van der Waals surface area contributed by atoms with E-state index in [1.807, 2.05) is 6.08 Å². The fourth-order valence-electron chi connectivity index (χ4n) is 1.14. The molecular weight excluding hydrogens is 148 g/mol. The van der Waals surface area contributed by atoms with Crippen molar-refractivity contribution in [3.8, 4) is 0 Å². The monoisotopic (exact) mass is 166 g/mol. The van der Waals surface area contributed by atoms with Gasteiger partial charge in [-0.2, -0.15) is 0 Å². The van der Waals surface area contributed by atoms with Crippen LogP contribution in [0.1, 0.15) is 32.6 Å². The first-order valence-corrected chi connectivity index (χ1v) is 4.76. The Morgan fingerprint density at radius 2 is 2.25 bits per heavy atom. The second-order valence-electron chi connectivity index (χ2n) is 3.37. The Kier molecular flexibility index (Phi) is 4.09. The van der Waals surface area contributed by atoms with Gasteiger partial charge in [-0.1, -0.05) is 24.3 Å². The SMILES string of the molecule is C=CC1=CCCCC1.CC1CO1. The lowest BCUT2D eigenvalue weighted by atomic mass is 10.0. The van der Waals surface area contributed by atoms with Crippen LogP contribution in [-0.4, -0.2) is 12.7 Å². The average molecular weight is 166 g/mol. The number of hydrogen-bond donors (Lipinski definition) is 0. The highest BCUT2D eigenvalue weighted by Gasteiger charge is 2.13. The van der Waals surface area contributed by atoms with Gasteiger partial charge < -0.3 is 4.74 Å². The van der Waals surface area contributed by atoms with E-state index in [4.69, 9.17) is 4.74 Å². The molecule has 1 aliphatic heterocycles. The van der Waals surface area contributed by atoms with Crippen LogP contribution in [-0.2, 0) is 4.74 Å². The fraction of sp³-hybridized carbons (Fsp3) is 0.636. The van der Waals surface area contributed by atoms with Gasteiger partial charge in [0.25, 0.3) is 0 Å². The largest absolute Gasteiger partial charge is 0.373 e. The molecule has 1 heterocycles. The number of hydrogen-bond acceptors (Lipinski definition) is 1. The zero-order valence-corrected chi connectivity index (χ0v) is 7.88. The molecule has 1 saturated heterocycles. The molecule has 0 radical (unpaired) electrons. The summed E-state index contributed by atoms with van der Waals surface area (Å²) in [6, 6.07) is 0. The van der Waals surface area contributed by atoms with E-state index in [9.17, 15) is 0 Å². The first-order valence-electron chi connectivity index (χ1n) is 4.76. The number of allylic oxidation sites excluding steroid dienone is 3. The van der Waals surface area contributed by atoms with Crippen molar-refractivity contribution in [1.82, 2.24) is 0 Å². The maximum Gasteiger partial charge on any atom is 0.0781 e. The van der Waals surface area contributed by atoms with Crippen LogP contribution < -0.4 is 0 Å². The molecule has 1 heteroatoms. The molecule has 68 valence electrons. The van der Waals surface area contributed by atoms with Gasteiger partial charge in [-0.05, 0) is 32.6 Å². The van der Waals surface area contributed by atoms with Crippen LogP contribution in [0.2, 0.25) is 0 Å². The van der Waals surface area contributed by atoms with Crippen LogP contribution >= 0.6 is 0 Å². The number of epoxide rings is 1. The Labute approximate surface area is 75.1 Å². The normalized spacial score (nSPS) is 26.4. The van der Waals surface area contributed by atoms with Gasteiger partial charge in [0, 0.05) is 0 Å². The van der Waals surface area contributed by atoms with Crippen LogP contribution in [0.15, 0.2) is 24.3 Å².